The van der Waals surface area contributed by atoms with Crippen molar-refractivity contribution in [3.05, 3.63) is 35.5 Å². The van der Waals surface area contributed by atoms with Gasteiger partial charge in [-0.2, -0.15) is 0 Å². The van der Waals surface area contributed by atoms with Crippen LogP contribution in [0.3, 0.4) is 0 Å². The summed E-state index contributed by atoms with van der Waals surface area (Å²) in [6, 6.07) is 5.73. The van der Waals surface area contributed by atoms with Gasteiger partial charge in [0.1, 0.15) is 18.1 Å². The van der Waals surface area contributed by atoms with Gasteiger partial charge in [-0.3, -0.25) is 0 Å². The van der Waals surface area contributed by atoms with Crippen molar-refractivity contribution in [2.24, 2.45) is 0 Å². The van der Waals surface area contributed by atoms with Gasteiger partial charge in [0, 0.05) is 0 Å². The first-order chi connectivity index (χ1) is 13.5. The third-order valence-corrected chi connectivity index (χ3v) is 3.94. The van der Waals surface area contributed by atoms with Crippen LogP contribution >= 0.6 is 0 Å². The van der Waals surface area contributed by atoms with E-state index in [0.29, 0.717) is 17.9 Å². The Morgan fingerprint density at radius 1 is 1.07 bits per heavy atom. The molecule has 1 heterocycles. The Morgan fingerprint density at radius 3 is 2.36 bits per heavy atom. The van der Waals surface area contributed by atoms with Crippen LogP contribution in [0.2, 0.25) is 0 Å². The van der Waals surface area contributed by atoms with E-state index < -0.39 is 24.0 Å². The average molecular weight is 392 g/mol. The molecule has 0 aliphatic carbocycles. The van der Waals surface area contributed by atoms with E-state index in [2.05, 4.69) is 10.6 Å². The summed E-state index contributed by atoms with van der Waals surface area (Å²) in [4.78, 5) is 36.0. The molecule has 0 aromatic heterocycles. The zero-order valence-electron chi connectivity index (χ0n) is 16.1. The normalized spacial score (nSPS) is 16.0. The van der Waals surface area contributed by atoms with Crippen molar-refractivity contribution < 1.29 is 33.3 Å². The van der Waals surface area contributed by atoms with Crippen LogP contribution in [0.5, 0.6) is 11.5 Å². The fraction of sp³-hybridized carbons (Fsp3) is 0.421. The Bertz CT molecular complexity index is 743. The molecule has 2 amide bonds. The van der Waals surface area contributed by atoms with E-state index in [0.717, 1.165) is 0 Å². The van der Waals surface area contributed by atoms with Gasteiger partial charge >= 0.3 is 18.0 Å². The monoisotopic (exact) mass is 392 g/mol. The summed E-state index contributed by atoms with van der Waals surface area (Å²) in [5, 5.41) is 5.15. The maximum Gasteiger partial charge on any atom is 0.344 e. The number of rotatable bonds is 9. The fourth-order valence-electron chi connectivity index (χ4n) is 2.58. The zero-order valence-corrected chi connectivity index (χ0v) is 16.1. The molecule has 9 nitrogen and oxygen atoms in total. The number of esters is 2. The first kappa shape index (κ1) is 21.1. The lowest BCUT2D eigenvalue weighted by Crippen LogP contribution is -2.51. The third-order valence-electron chi connectivity index (χ3n) is 3.94. The van der Waals surface area contributed by atoms with Crippen molar-refractivity contribution in [1.82, 2.24) is 10.6 Å². The highest BCUT2D eigenvalue weighted by molar-refractivity contribution is 5.94. The molecule has 1 aliphatic rings. The Labute approximate surface area is 163 Å². The molecule has 2 N–H and O–H groups in total. The molecule has 152 valence electrons. The Kier molecular flexibility index (Phi) is 7.67. The number of urea groups is 1. The number of ether oxygens (including phenoxy) is 4. The summed E-state index contributed by atoms with van der Waals surface area (Å²) in [5.41, 5.74) is 0.444. The number of benzene rings is 1. The lowest BCUT2D eigenvalue weighted by atomic mass is 10.0. The number of carbonyl (C=O) groups is 3. The van der Waals surface area contributed by atoms with Crippen LogP contribution in [-0.2, 0) is 19.1 Å². The minimum Gasteiger partial charge on any atom is -0.497 e. The summed E-state index contributed by atoms with van der Waals surface area (Å²) in [5.74, 6) is -0.0689. The zero-order chi connectivity index (χ0) is 20.5. The van der Waals surface area contributed by atoms with E-state index in [9.17, 15) is 14.4 Å². The van der Waals surface area contributed by atoms with Crippen molar-refractivity contribution >= 4 is 18.0 Å². The predicted octanol–water partition coefficient (Wildman–Crippen LogP) is 1.53. The van der Waals surface area contributed by atoms with Gasteiger partial charge in [-0.15, -0.1) is 0 Å². The summed E-state index contributed by atoms with van der Waals surface area (Å²) in [6.07, 6.45) is 0.486. The smallest absolute Gasteiger partial charge is 0.344 e. The Hall–Kier alpha value is -3.23. The third kappa shape index (κ3) is 5.63. The SMILES string of the molecule is CCOC(=O)C1=C(COC(=O)COc2ccc(OC)cc2)NC(=O)N[C@@H]1CC. The number of nitrogens with one attached hydrogen (secondary N) is 2. The van der Waals surface area contributed by atoms with Crippen LogP contribution in [0.15, 0.2) is 35.5 Å². The maximum absolute atomic E-state index is 12.2. The van der Waals surface area contributed by atoms with Gasteiger partial charge < -0.3 is 29.6 Å². The molecule has 1 atom stereocenters. The lowest BCUT2D eigenvalue weighted by molar-refractivity contribution is -0.145. The molecule has 0 fully saturated rings. The molecule has 0 saturated carbocycles. The maximum atomic E-state index is 12.2. The highest BCUT2D eigenvalue weighted by Gasteiger charge is 2.32. The minimum absolute atomic E-state index is 0.190. The molecule has 28 heavy (non-hydrogen) atoms. The first-order valence-electron chi connectivity index (χ1n) is 8.88. The van der Waals surface area contributed by atoms with E-state index in [-0.39, 0.29) is 31.1 Å². The van der Waals surface area contributed by atoms with Gasteiger partial charge in [-0.1, -0.05) is 6.92 Å². The van der Waals surface area contributed by atoms with Crippen molar-refractivity contribution in [3.63, 3.8) is 0 Å². The molecule has 2 rings (SSSR count). The van der Waals surface area contributed by atoms with Gasteiger partial charge in [0.15, 0.2) is 6.61 Å². The lowest BCUT2D eigenvalue weighted by Gasteiger charge is -2.28. The van der Waals surface area contributed by atoms with Gasteiger partial charge in [-0.25, -0.2) is 14.4 Å². The standard InChI is InChI=1S/C19H24N2O7/c1-4-14-17(18(23)26-5-2)15(21-19(24)20-14)10-28-16(22)11-27-13-8-6-12(25-3)7-9-13/h6-9,14H,4-5,10-11H2,1-3H3,(H2,20,21,24)/t14-/m1/s1. The molecular weight excluding hydrogens is 368 g/mol. The van der Waals surface area contributed by atoms with Crippen LogP contribution in [0, 0.1) is 0 Å². The van der Waals surface area contributed by atoms with Crippen LogP contribution in [0.4, 0.5) is 4.79 Å². The van der Waals surface area contributed by atoms with E-state index in [4.69, 9.17) is 18.9 Å². The second-order valence-corrected chi connectivity index (χ2v) is 5.80. The molecule has 0 bridgehead atoms. The van der Waals surface area contributed by atoms with Crippen LogP contribution < -0.4 is 20.1 Å². The molecule has 0 radical (unpaired) electrons. The van der Waals surface area contributed by atoms with E-state index >= 15 is 0 Å². The van der Waals surface area contributed by atoms with Crippen LogP contribution in [0.25, 0.3) is 0 Å². The molecular formula is C19H24N2O7. The van der Waals surface area contributed by atoms with Gasteiger partial charge in [0.25, 0.3) is 0 Å². The number of amides is 2. The van der Waals surface area contributed by atoms with Gasteiger partial charge in [0.05, 0.1) is 31.0 Å². The average Bonchev–Trinajstić information content (AvgIpc) is 2.70. The molecule has 1 aromatic carbocycles. The number of carbonyl (C=O) groups excluding carboxylic acids is 3. The second kappa shape index (κ2) is 10.2. The number of methoxy groups -OCH3 is 1. The Balaban J connectivity index is 1.98. The number of hydrogen-bond donors (Lipinski definition) is 2. The predicted molar refractivity (Wildman–Crippen MR) is 98.9 cm³/mol. The molecule has 0 spiro atoms. The largest absolute Gasteiger partial charge is 0.497 e. The van der Waals surface area contributed by atoms with Crippen molar-refractivity contribution in [2.45, 2.75) is 26.3 Å². The van der Waals surface area contributed by atoms with E-state index in [1.54, 1.807) is 38.3 Å². The van der Waals surface area contributed by atoms with Crippen LogP contribution in [-0.4, -0.2) is 50.9 Å². The van der Waals surface area contributed by atoms with Crippen molar-refractivity contribution in [3.8, 4) is 11.5 Å². The molecule has 9 heteroatoms. The summed E-state index contributed by atoms with van der Waals surface area (Å²) >= 11 is 0. The second-order valence-electron chi connectivity index (χ2n) is 5.80. The fourth-order valence-corrected chi connectivity index (χ4v) is 2.58. The highest BCUT2D eigenvalue weighted by atomic mass is 16.6. The Morgan fingerprint density at radius 2 is 1.75 bits per heavy atom. The molecule has 0 saturated heterocycles. The summed E-state index contributed by atoms with van der Waals surface area (Å²) in [7, 11) is 1.55. The van der Waals surface area contributed by atoms with Gasteiger partial charge in [0.2, 0.25) is 0 Å². The summed E-state index contributed by atoms with van der Waals surface area (Å²) < 4.78 is 20.6. The number of hydrogen-bond acceptors (Lipinski definition) is 7. The molecule has 0 unspecified atom stereocenters. The van der Waals surface area contributed by atoms with Crippen LogP contribution in [0.1, 0.15) is 20.3 Å². The molecule has 1 aliphatic heterocycles. The van der Waals surface area contributed by atoms with E-state index in [1.807, 2.05) is 6.92 Å². The van der Waals surface area contributed by atoms with E-state index in [1.165, 1.54) is 0 Å². The topological polar surface area (TPSA) is 112 Å². The minimum atomic E-state index is -0.646. The first-order valence-corrected chi connectivity index (χ1v) is 8.88. The van der Waals surface area contributed by atoms with Crippen molar-refractivity contribution in [1.29, 1.82) is 0 Å². The van der Waals surface area contributed by atoms with Gasteiger partial charge in [-0.05, 0) is 37.6 Å². The summed E-state index contributed by atoms with van der Waals surface area (Å²) in [6.45, 7) is 3.10. The highest BCUT2D eigenvalue weighted by Crippen LogP contribution is 2.18. The van der Waals surface area contributed by atoms with Crippen molar-refractivity contribution in [2.75, 3.05) is 26.9 Å². The molecule has 1 aromatic rings. The quantitative estimate of drug-likeness (QED) is 0.613.